The highest BCUT2D eigenvalue weighted by Crippen LogP contribution is 2.19. The number of hydrogen-bond donors (Lipinski definition) is 1. The predicted molar refractivity (Wildman–Crippen MR) is 90.5 cm³/mol. The lowest BCUT2D eigenvalue weighted by atomic mass is 10.0. The summed E-state index contributed by atoms with van der Waals surface area (Å²) in [5, 5.41) is 0.895. The van der Waals surface area contributed by atoms with Crippen molar-refractivity contribution in [3.05, 3.63) is 34.9 Å². The highest BCUT2D eigenvalue weighted by molar-refractivity contribution is 6.31. The molecule has 0 bridgehead atoms. The van der Waals surface area contributed by atoms with Gasteiger partial charge < -0.3 is 9.64 Å². The number of ether oxygens (including phenoxy) is 1. The first-order valence-corrected chi connectivity index (χ1v) is 8.95. The van der Waals surface area contributed by atoms with Crippen LogP contribution in [-0.4, -0.2) is 49.3 Å². The molecule has 1 N–H and O–H groups in total. The monoisotopic (exact) mass is 323 g/mol. The molecule has 1 aromatic carbocycles. The molecule has 2 heterocycles. The minimum atomic E-state index is 0.403. The summed E-state index contributed by atoms with van der Waals surface area (Å²) in [4.78, 5) is 4.30. The molecular formula is C18H28ClN2O+. The van der Waals surface area contributed by atoms with Crippen molar-refractivity contribution in [2.75, 3.05) is 26.2 Å². The Morgan fingerprint density at radius 2 is 1.77 bits per heavy atom. The van der Waals surface area contributed by atoms with E-state index < -0.39 is 0 Å². The van der Waals surface area contributed by atoms with E-state index in [1.54, 1.807) is 4.90 Å². The van der Waals surface area contributed by atoms with Gasteiger partial charge in [0.2, 0.25) is 0 Å². The Kier molecular flexibility index (Phi) is 5.40. The fourth-order valence-corrected chi connectivity index (χ4v) is 4.21. The number of rotatable bonds is 3. The summed E-state index contributed by atoms with van der Waals surface area (Å²) in [5.74, 6) is 0. The second-order valence-electron chi connectivity index (χ2n) is 6.97. The minimum Gasteiger partial charge on any atom is -0.364 e. The zero-order valence-corrected chi connectivity index (χ0v) is 14.5. The van der Waals surface area contributed by atoms with Gasteiger partial charge in [-0.3, -0.25) is 4.90 Å². The summed E-state index contributed by atoms with van der Waals surface area (Å²) in [5.41, 5.74) is 1.25. The summed E-state index contributed by atoms with van der Waals surface area (Å²) in [6.07, 6.45) is 3.39. The number of likely N-dealkylation sites (tertiary alicyclic amines) is 1. The van der Waals surface area contributed by atoms with Crippen molar-refractivity contribution >= 4 is 11.6 Å². The lowest BCUT2D eigenvalue weighted by Gasteiger charge is -2.41. The summed E-state index contributed by atoms with van der Waals surface area (Å²) >= 11 is 6.28. The summed E-state index contributed by atoms with van der Waals surface area (Å²) in [6, 6.07) is 9.02. The molecule has 0 aromatic heterocycles. The van der Waals surface area contributed by atoms with Crippen LogP contribution in [0.5, 0.6) is 0 Å². The predicted octanol–water partition coefficient (Wildman–Crippen LogP) is 2.00. The van der Waals surface area contributed by atoms with Crippen molar-refractivity contribution in [1.82, 2.24) is 4.90 Å². The lowest BCUT2D eigenvalue weighted by Crippen LogP contribution is -3.19. The third-order valence-electron chi connectivity index (χ3n) is 5.08. The topological polar surface area (TPSA) is 16.9 Å². The van der Waals surface area contributed by atoms with Gasteiger partial charge in [-0.25, -0.2) is 0 Å². The molecule has 2 aliphatic rings. The molecule has 2 aliphatic heterocycles. The third-order valence-corrected chi connectivity index (χ3v) is 5.45. The largest absolute Gasteiger partial charge is 0.364 e. The fourth-order valence-electron chi connectivity index (χ4n) is 4.01. The van der Waals surface area contributed by atoms with E-state index in [2.05, 4.69) is 30.9 Å². The van der Waals surface area contributed by atoms with Crippen LogP contribution in [0.2, 0.25) is 5.02 Å². The quantitative estimate of drug-likeness (QED) is 0.916. The van der Waals surface area contributed by atoms with Crippen molar-refractivity contribution in [2.24, 2.45) is 0 Å². The summed E-state index contributed by atoms with van der Waals surface area (Å²) in [7, 11) is 0. The van der Waals surface area contributed by atoms with Crippen LogP contribution < -0.4 is 4.90 Å². The average molecular weight is 324 g/mol. The molecule has 3 rings (SSSR count). The fraction of sp³-hybridized carbons (Fsp3) is 0.667. The molecule has 3 nitrogen and oxygen atoms in total. The highest BCUT2D eigenvalue weighted by atomic mass is 35.5. The second kappa shape index (κ2) is 7.31. The number of piperidine rings is 1. The van der Waals surface area contributed by atoms with E-state index in [0.717, 1.165) is 17.6 Å². The van der Waals surface area contributed by atoms with Gasteiger partial charge in [0.1, 0.15) is 25.3 Å². The zero-order valence-electron chi connectivity index (χ0n) is 13.7. The van der Waals surface area contributed by atoms with Gasteiger partial charge >= 0.3 is 0 Å². The van der Waals surface area contributed by atoms with Crippen LogP contribution >= 0.6 is 11.6 Å². The summed E-state index contributed by atoms with van der Waals surface area (Å²) < 4.78 is 5.87. The number of morpholine rings is 1. The third kappa shape index (κ3) is 4.02. The molecule has 22 heavy (non-hydrogen) atoms. The Morgan fingerprint density at radius 1 is 1.14 bits per heavy atom. The Morgan fingerprint density at radius 3 is 2.41 bits per heavy atom. The second-order valence-corrected chi connectivity index (χ2v) is 7.37. The van der Waals surface area contributed by atoms with Crippen LogP contribution in [0.15, 0.2) is 24.3 Å². The van der Waals surface area contributed by atoms with Gasteiger partial charge in [-0.2, -0.15) is 0 Å². The number of quaternary nitrogens is 1. The SMILES string of the molecule is CC1C[NH+](C2CCN(Cc3ccccc3Cl)CC2)CC(C)O1. The minimum absolute atomic E-state index is 0.403. The normalized spacial score (nSPS) is 31.3. The van der Waals surface area contributed by atoms with Crippen LogP contribution in [0.1, 0.15) is 32.3 Å². The van der Waals surface area contributed by atoms with Gasteiger partial charge in [-0.1, -0.05) is 29.8 Å². The molecular weight excluding hydrogens is 296 g/mol. The van der Waals surface area contributed by atoms with E-state index in [1.165, 1.54) is 44.6 Å². The number of nitrogens with zero attached hydrogens (tertiary/aromatic N) is 1. The van der Waals surface area contributed by atoms with Gasteiger partial charge in [0, 0.05) is 37.5 Å². The highest BCUT2D eigenvalue weighted by Gasteiger charge is 2.33. The molecule has 0 amide bonds. The molecule has 0 radical (unpaired) electrons. The van der Waals surface area contributed by atoms with Gasteiger partial charge in [-0.05, 0) is 25.5 Å². The number of halogens is 1. The van der Waals surface area contributed by atoms with Crippen LogP contribution in [-0.2, 0) is 11.3 Å². The first kappa shape index (κ1) is 16.3. The van der Waals surface area contributed by atoms with Crippen LogP contribution in [0, 0.1) is 0 Å². The van der Waals surface area contributed by atoms with Crippen molar-refractivity contribution in [3.63, 3.8) is 0 Å². The van der Waals surface area contributed by atoms with Crippen LogP contribution in [0.3, 0.4) is 0 Å². The van der Waals surface area contributed by atoms with Crippen LogP contribution in [0.25, 0.3) is 0 Å². The molecule has 2 atom stereocenters. The Balaban J connectivity index is 1.51. The Labute approximate surface area is 139 Å². The molecule has 0 spiro atoms. The molecule has 1 aromatic rings. The van der Waals surface area contributed by atoms with Gasteiger partial charge in [-0.15, -0.1) is 0 Å². The van der Waals surface area contributed by atoms with E-state index >= 15 is 0 Å². The van der Waals surface area contributed by atoms with Gasteiger partial charge in [0.05, 0.1) is 6.04 Å². The average Bonchev–Trinajstić information content (AvgIpc) is 2.49. The van der Waals surface area contributed by atoms with E-state index in [9.17, 15) is 0 Å². The van der Waals surface area contributed by atoms with Crippen molar-refractivity contribution < 1.29 is 9.64 Å². The molecule has 0 saturated carbocycles. The molecule has 2 unspecified atom stereocenters. The maximum atomic E-state index is 6.28. The number of hydrogen-bond acceptors (Lipinski definition) is 2. The van der Waals surface area contributed by atoms with Gasteiger partial charge in [0.15, 0.2) is 0 Å². The number of benzene rings is 1. The van der Waals surface area contributed by atoms with Gasteiger partial charge in [0.25, 0.3) is 0 Å². The van der Waals surface area contributed by atoms with E-state index in [4.69, 9.17) is 16.3 Å². The maximum absolute atomic E-state index is 6.28. The smallest absolute Gasteiger partial charge is 0.104 e. The van der Waals surface area contributed by atoms with E-state index in [-0.39, 0.29) is 0 Å². The Hall–Kier alpha value is -0.610. The molecule has 4 heteroatoms. The van der Waals surface area contributed by atoms with Crippen LogP contribution in [0.4, 0.5) is 0 Å². The van der Waals surface area contributed by atoms with E-state index in [1.807, 2.05) is 12.1 Å². The maximum Gasteiger partial charge on any atom is 0.104 e. The first-order valence-electron chi connectivity index (χ1n) is 8.57. The zero-order chi connectivity index (χ0) is 15.5. The number of nitrogens with one attached hydrogen (secondary N) is 1. The van der Waals surface area contributed by atoms with Crippen molar-refractivity contribution in [3.8, 4) is 0 Å². The van der Waals surface area contributed by atoms with Crippen molar-refractivity contribution in [2.45, 2.75) is 51.5 Å². The Bertz CT molecular complexity index is 478. The molecule has 2 saturated heterocycles. The molecule has 2 fully saturated rings. The van der Waals surface area contributed by atoms with Crippen molar-refractivity contribution in [1.29, 1.82) is 0 Å². The van der Waals surface area contributed by atoms with E-state index in [0.29, 0.717) is 12.2 Å². The molecule has 0 aliphatic carbocycles. The summed E-state index contributed by atoms with van der Waals surface area (Å²) in [6.45, 7) is 10.1. The lowest BCUT2D eigenvalue weighted by molar-refractivity contribution is -0.940. The standard InChI is InChI=1S/C18H27ClN2O/c1-14-11-21(12-15(2)22-14)17-7-9-20(10-8-17)13-16-5-3-4-6-18(16)19/h3-6,14-15,17H,7-13H2,1-2H3/p+1. The molecule has 122 valence electrons. The first-order chi connectivity index (χ1) is 10.6.